The molecule has 0 saturated carbocycles. The Kier molecular flexibility index (Phi) is 15.9. The second-order valence-corrected chi connectivity index (χ2v) is 17.2. The van der Waals surface area contributed by atoms with Crippen molar-refractivity contribution in [1.82, 2.24) is 19.6 Å². The van der Waals surface area contributed by atoms with E-state index in [1.807, 2.05) is 12.1 Å². The number of nitrogens with zero attached hydrogens (tertiary/aromatic N) is 8. The lowest BCUT2D eigenvalue weighted by atomic mass is 9.91. The fourth-order valence-corrected chi connectivity index (χ4v) is 9.21. The molecule has 0 N–H and O–H groups in total. The molecule has 6 amide bonds. The SMILES string of the molecule is CCOC(=O)C1=C(C)N(c2cccc(C(F)(F)F)c2)C(=O)N(CC(=O)N2CCN(C(=O)CN3C(=O)N(c4cccc(C(F)(F)F)c4)C(C)=C(C(=C=O)OCC)C3c3ccc(C#N)cc3)CC2)C1c1ccc(C#N)cc1. The van der Waals surface area contributed by atoms with Crippen molar-refractivity contribution in [2.24, 2.45) is 0 Å². The van der Waals surface area contributed by atoms with Crippen LogP contribution in [0.4, 0.5) is 47.3 Å². The summed E-state index contributed by atoms with van der Waals surface area (Å²) in [6, 6.07) is 18.8. The molecule has 7 rings (SSSR count). The average molecular weight is 1040 g/mol. The van der Waals surface area contributed by atoms with Gasteiger partial charge in [0, 0.05) is 37.6 Å². The smallest absolute Gasteiger partial charge is 0.416 e. The number of halogens is 6. The molecule has 2 unspecified atom stereocenters. The van der Waals surface area contributed by atoms with Crippen LogP contribution in [0.15, 0.2) is 125 Å². The van der Waals surface area contributed by atoms with Crippen LogP contribution >= 0.6 is 0 Å². The summed E-state index contributed by atoms with van der Waals surface area (Å²) in [5.74, 6) is -0.977. The number of nitriles is 2. The number of benzene rings is 4. The first-order valence-corrected chi connectivity index (χ1v) is 23.3. The molecular weight excluding hydrogens is 991 g/mol. The van der Waals surface area contributed by atoms with E-state index < -0.39 is 84.3 Å². The van der Waals surface area contributed by atoms with E-state index in [9.17, 15) is 65.6 Å². The Morgan fingerprint density at radius 3 is 1.35 bits per heavy atom. The molecular formula is C53H46F6N8O8. The van der Waals surface area contributed by atoms with Crippen molar-refractivity contribution < 1.29 is 64.6 Å². The molecule has 4 aromatic carbocycles. The van der Waals surface area contributed by atoms with Crippen molar-refractivity contribution >= 4 is 47.2 Å². The summed E-state index contributed by atoms with van der Waals surface area (Å²) in [5.41, 5.74) is -1.96. The normalized spacial score (nSPS) is 17.4. The molecule has 75 heavy (non-hydrogen) atoms. The highest BCUT2D eigenvalue weighted by Crippen LogP contribution is 2.45. The summed E-state index contributed by atoms with van der Waals surface area (Å²) in [6.07, 6.45) is -9.63. The van der Waals surface area contributed by atoms with Crippen molar-refractivity contribution in [3.05, 3.63) is 159 Å². The third kappa shape index (κ3) is 11.1. The van der Waals surface area contributed by atoms with E-state index in [0.29, 0.717) is 5.56 Å². The Labute approximate surface area is 426 Å². The van der Waals surface area contributed by atoms with Gasteiger partial charge in [0.2, 0.25) is 17.6 Å². The molecule has 0 aromatic heterocycles. The zero-order chi connectivity index (χ0) is 54.5. The van der Waals surface area contributed by atoms with E-state index in [1.165, 1.54) is 91.2 Å². The van der Waals surface area contributed by atoms with Crippen LogP contribution in [0.25, 0.3) is 0 Å². The molecule has 0 bridgehead atoms. The van der Waals surface area contributed by atoms with Gasteiger partial charge in [0.15, 0.2) is 5.94 Å². The number of esters is 1. The first kappa shape index (κ1) is 53.9. The van der Waals surface area contributed by atoms with Gasteiger partial charge >= 0.3 is 30.4 Å². The molecule has 3 aliphatic rings. The van der Waals surface area contributed by atoms with Crippen LogP contribution < -0.4 is 9.80 Å². The first-order chi connectivity index (χ1) is 35.7. The lowest BCUT2D eigenvalue weighted by Gasteiger charge is -2.44. The second kappa shape index (κ2) is 22.1. The maximum atomic E-state index is 14.8. The minimum Gasteiger partial charge on any atom is -0.483 e. The number of rotatable bonds is 13. The van der Waals surface area contributed by atoms with Crippen LogP contribution in [-0.2, 0) is 41.0 Å². The van der Waals surface area contributed by atoms with Gasteiger partial charge in [-0.15, -0.1) is 0 Å². The third-order valence-corrected chi connectivity index (χ3v) is 12.8. The van der Waals surface area contributed by atoms with E-state index >= 15 is 0 Å². The second-order valence-electron chi connectivity index (χ2n) is 17.2. The largest absolute Gasteiger partial charge is 0.483 e. The number of amides is 6. The molecule has 2 atom stereocenters. The Morgan fingerprint density at radius 1 is 0.600 bits per heavy atom. The van der Waals surface area contributed by atoms with Gasteiger partial charge in [-0.2, -0.15) is 36.9 Å². The number of hydrogen-bond donors (Lipinski definition) is 0. The molecule has 3 aliphatic heterocycles. The van der Waals surface area contributed by atoms with Crippen molar-refractivity contribution in [3.63, 3.8) is 0 Å². The van der Waals surface area contributed by atoms with Gasteiger partial charge in [-0.3, -0.25) is 19.4 Å². The minimum absolute atomic E-state index is 0.00821. The van der Waals surface area contributed by atoms with Crippen LogP contribution in [0.2, 0.25) is 0 Å². The number of ether oxygens (including phenoxy) is 2. The summed E-state index contributed by atoms with van der Waals surface area (Å²) < 4.78 is 95.2. The Hall–Kier alpha value is -8.88. The van der Waals surface area contributed by atoms with Crippen molar-refractivity contribution in [2.45, 2.75) is 52.1 Å². The molecule has 0 aliphatic carbocycles. The standard InChI is InChI=1S/C53H46F6N8O8/c1-5-74-42(31-68)45-32(3)66(40-11-7-9-38(25-40)52(54,55)56)50(72)64(47(45)36-17-13-34(27-60)14-18-36)29-43(69)62-21-23-63(24-22-62)44(70)30-65-48(37-19-15-35(28-61)16-20-37)46(49(71)75-6-2)33(4)67(51(65)73)41-12-8-10-39(26-41)53(57,58)59/h7-20,25-26,47-48H,5-6,21-24,29-30H2,1-4H3. The zero-order valence-electron chi connectivity index (χ0n) is 40.7. The molecule has 0 spiro atoms. The fourth-order valence-electron chi connectivity index (χ4n) is 9.21. The van der Waals surface area contributed by atoms with Crippen LogP contribution in [0.3, 0.4) is 0 Å². The van der Waals surface area contributed by atoms with Gasteiger partial charge in [-0.05, 0) is 99.5 Å². The summed E-state index contributed by atoms with van der Waals surface area (Å²) in [4.78, 5) is 91.6. The van der Waals surface area contributed by atoms with E-state index in [2.05, 4.69) is 0 Å². The number of anilines is 2. The Bertz CT molecular complexity index is 3110. The zero-order valence-corrected chi connectivity index (χ0v) is 40.7. The summed E-state index contributed by atoms with van der Waals surface area (Å²) in [5, 5.41) is 19.1. The quantitative estimate of drug-likeness (QED) is 0.0543. The maximum Gasteiger partial charge on any atom is 0.416 e. The van der Waals surface area contributed by atoms with Gasteiger partial charge in [-0.25, -0.2) is 19.2 Å². The first-order valence-electron chi connectivity index (χ1n) is 23.3. The number of carbonyl (C=O) groups excluding carboxylic acids is 6. The van der Waals surface area contributed by atoms with Gasteiger partial charge < -0.3 is 29.1 Å². The number of carbonyl (C=O) groups is 5. The molecule has 4 aromatic rings. The number of urea groups is 2. The Balaban J connectivity index is 1.20. The van der Waals surface area contributed by atoms with E-state index in [4.69, 9.17) is 9.47 Å². The highest BCUT2D eigenvalue weighted by atomic mass is 19.4. The van der Waals surface area contributed by atoms with E-state index in [0.717, 1.165) is 56.0 Å². The maximum absolute atomic E-state index is 14.8. The molecule has 1 saturated heterocycles. The topological polar surface area (TPSA) is 188 Å². The van der Waals surface area contributed by atoms with Gasteiger partial charge in [0.25, 0.3) is 0 Å². The van der Waals surface area contributed by atoms with Crippen molar-refractivity contribution in [1.29, 1.82) is 10.5 Å². The van der Waals surface area contributed by atoms with Crippen LogP contribution in [0.5, 0.6) is 0 Å². The minimum atomic E-state index is -4.82. The number of allylic oxidation sites excluding steroid dienone is 2. The highest BCUT2D eigenvalue weighted by Gasteiger charge is 2.47. The fraction of sp³-hybridized carbons (Fsp3) is 0.302. The van der Waals surface area contributed by atoms with E-state index in [-0.39, 0.29) is 90.0 Å². The van der Waals surface area contributed by atoms with Gasteiger partial charge in [0.05, 0.1) is 82.2 Å². The van der Waals surface area contributed by atoms with Gasteiger partial charge in [0.1, 0.15) is 13.1 Å². The van der Waals surface area contributed by atoms with Gasteiger partial charge in [-0.1, -0.05) is 36.4 Å². The third-order valence-electron chi connectivity index (χ3n) is 12.8. The van der Waals surface area contributed by atoms with Crippen LogP contribution in [-0.4, -0.2) is 108 Å². The molecule has 388 valence electrons. The van der Waals surface area contributed by atoms with E-state index in [1.54, 1.807) is 12.9 Å². The summed E-state index contributed by atoms with van der Waals surface area (Å²) in [7, 11) is 0. The van der Waals surface area contributed by atoms with Crippen molar-refractivity contribution in [2.75, 3.05) is 62.3 Å². The number of piperazine rings is 1. The summed E-state index contributed by atoms with van der Waals surface area (Å²) in [6.45, 7) is 3.57. The number of hydrogen-bond acceptors (Lipinski definition) is 10. The molecule has 22 heteroatoms. The number of alkyl halides is 6. The Morgan fingerprint density at radius 2 is 0.987 bits per heavy atom. The van der Waals surface area contributed by atoms with Crippen molar-refractivity contribution in [3.8, 4) is 12.1 Å². The molecule has 1 fully saturated rings. The molecule has 16 nitrogen and oxygen atoms in total. The monoisotopic (exact) mass is 1040 g/mol. The summed E-state index contributed by atoms with van der Waals surface area (Å²) >= 11 is 0. The highest BCUT2D eigenvalue weighted by molar-refractivity contribution is 6.05. The predicted octanol–water partition coefficient (Wildman–Crippen LogP) is 8.67. The molecule has 3 heterocycles. The average Bonchev–Trinajstić information content (AvgIpc) is 3.40. The van der Waals surface area contributed by atoms with Crippen LogP contribution in [0.1, 0.15) is 73.2 Å². The molecule has 0 radical (unpaired) electrons. The predicted molar refractivity (Wildman–Crippen MR) is 256 cm³/mol. The lowest BCUT2D eigenvalue weighted by Crippen LogP contribution is -2.58. The lowest BCUT2D eigenvalue weighted by molar-refractivity contribution is -0.141. The van der Waals surface area contributed by atoms with Crippen LogP contribution in [0, 0.1) is 22.7 Å².